The molecule has 3 aromatic rings. The first kappa shape index (κ1) is 21.1. The SMILES string of the molecule is Cc1ccc([C@@]2(C)NC(=O)N(CC(=O)Nc3cccc(Oc4ccccc4)c3)C2=O)cc1. The summed E-state index contributed by atoms with van der Waals surface area (Å²) in [7, 11) is 0. The van der Waals surface area contributed by atoms with Crippen LogP contribution in [0.4, 0.5) is 10.5 Å². The number of ether oxygens (including phenoxy) is 1. The van der Waals surface area contributed by atoms with Crippen molar-refractivity contribution in [3.63, 3.8) is 0 Å². The van der Waals surface area contributed by atoms with Gasteiger partial charge in [0.05, 0.1) is 0 Å². The summed E-state index contributed by atoms with van der Waals surface area (Å²) < 4.78 is 5.77. The number of hydrogen-bond donors (Lipinski definition) is 2. The first-order chi connectivity index (χ1) is 15.3. The first-order valence-corrected chi connectivity index (χ1v) is 10.2. The van der Waals surface area contributed by atoms with E-state index in [-0.39, 0.29) is 0 Å². The van der Waals surface area contributed by atoms with Gasteiger partial charge in [-0.3, -0.25) is 14.5 Å². The van der Waals surface area contributed by atoms with Crippen LogP contribution in [-0.4, -0.2) is 29.3 Å². The maximum absolute atomic E-state index is 13.0. The molecule has 162 valence electrons. The first-order valence-electron chi connectivity index (χ1n) is 10.2. The Kier molecular flexibility index (Phi) is 5.64. The summed E-state index contributed by atoms with van der Waals surface area (Å²) in [5, 5.41) is 5.43. The molecule has 1 fully saturated rings. The Hall–Kier alpha value is -4.13. The van der Waals surface area contributed by atoms with Crippen molar-refractivity contribution < 1.29 is 19.1 Å². The zero-order valence-corrected chi connectivity index (χ0v) is 17.8. The summed E-state index contributed by atoms with van der Waals surface area (Å²) in [4.78, 5) is 39.0. The number of carbonyl (C=O) groups excluding carboxylic acids is 3. The Balaban J connectivity index is 1.43. The highest BCUT2D eigenvalue weighted by Gasteiger charge is 2.49. The van der Waals surface area contributed by atoms with E-state index in [0.29, 0.717) is 22.7 Å². The second kappa shape index (κ2) is 8.55. The van der Waals surface area contributed by atoms with Crippen LogP contribution in [0, 0.1) is 6.92 Å². The summed E-state index contributed by atoms with van der Waals surface area (Å²) in [5.74, 6) is 0.267. The van der Waals surface area contributed by atoms with Gasteiger partial charge in [0.2, 0.25) is 5.91 Å². The summed E-state index contributed by atoms with van der Waals surface area (Å²) in [6.45, 7) is 3.19. The van der Waals surface area contributed by atoms with Gasteiger partial charge in [0.1, 0.15) is 23.6 Å². The predicted molar refractivity (Wildman–Crippen MR) is 120 cm³/mol. The van der Waals surface area contributed by atoms with Crippen molar-refractivity contribution in [1.29, 1.82) is 0 Å². The molecule has 1 aliphatic heterocycles. The van der Waals surface area contributed by atoms with Crippen LogP contribution in [0.3, 0.4) is 0 Å². The van der Waals surface area contributed by atoms with Gasteiger partial charge in [0.15, 0.2) is 0 Å². The molecule has 0 aliphatic carbocycles. The van der Waals surface area contributed by atoms with Crippen LogP contribution in [0.15, 0.2) is 78.9 Å². The van der Waals surface area contributed by atoms with Gasteiger partial charge in [-0.2, -0.15) is 0 Å². The number of amides is 4. The molecule has 1 saturated heterocycles. The molecule has 7 heteroatoms. The van der Waals surface area contributed by atoms with Crippen LogP contribution in [0.2, 0.25) is 0 Å². The number of nitrogens with one attached hydrogen (secondary N) is 2. The lowest BCUT2D eigenvalue weighted by Gasteiger charge is -2.22. The lowest BCUT2D eigenvalue weighted by molar-refractivity contribution is -0.133. The van der Waals surface area contributed by atoms with Gasteiger partial charge in [0.25, 0.3) is 5.91 Å². The molecular weight excluding hydrogens is 406 g/mol. The second-order valence-electron chi connectivity index (χ2n) is 7.80. The van der Waals surface area contributed by atoms with E-state index < -0.39 is 29.9 Å². The predicted octanol–water partition coefficient (Wildman–Crippen LogP) is 4.19. The molecule has 0 spiro atoms. The van der Waals surface area contributed by atoms with Gasteiger partial charge in [-0.25, -0.2) is 4.79 Å². The van der Waals surface area contributed by atoms with E-state index in [4.69, 9.17) is 4.74 Å². The molecule has 1 aliphatic rings. The zero-order valence-electron chi connectivity index (χ0n) is 17.8. The standard InChI is InChI=1S/C25H23N3O4/c1-17-11-13-18(14-12-17)25(2)23(30)28(24(31)27-25)16-22(29)26-19-7-6-10-21(15-19)32-20-8-4-3-5-9-20/h3-15H,16H2,1-2H3,(H,26,29)(H,27,31)/t25-/m1/s1. The maximum Gasteiger partial charge on any atom is 0.325 e. The molecule has 4 amide bonds. The third-order valence-corrected chi connectivity index (χ3v) is 5.30. The van der Waals surface area contributed by atoms with Gasteiger partial charge in [-0.1, -0.05) is 54.1 Å². The van der Waals surface area contributed by atoms with Gasteiger partial charge < -0.3 is 15.4 Å². The topological polar surface area (TPSA) is 87.7 Å². The van der Waals surface area contributed by atoms with Crippen molar-refractivity contribution in [2.45, 2.75) is 19.4 Å². The molecule has 0 aromatic heterocycles. The molecule has 0 bridgehead atoms. The number of aryl methyl sites for hydroxylation is 1. The fourth-order valence-corrected chi connectivity index (χ4v) is 3.53. The Labute approximate surface area is 186 Å². The molecular formula is C25H23N3O4. The quantitative estimate of drug-likeness (QED) is 0.575. The normalized spacial score (nSPS) is 17.8. The van der Waals surface area contributed by atoms with Crippen molar-refractivity contribution in [2.75, 3.05) is 11.9 Å². The Morgan fingerprint density at radius 2 is 1.66 bits per heavy atom. The third-order valence-electron chi connectivity index (χ3n) is 5.30. The van der Waals surface area contributed by atoms with Crippen LogP contribution < -0.4 is 15.4 Å². The van der Waals surface area contributed by atoms with Gasteiger partial charge >= 0.3 is 6.03 Å². The minimum atomic E-state index is -1.21. The highest BCUT2D eigenvalue weighted by molar-refractivity contribution is 6.10. The van der Waals surface area contributed by atoms with Crippen LogP contribution in [0.1, 0.15) is 18.1 Å². The summed E-state index contributed by atoms with van der Waals surface area (Å²) >= 11 is 0. The highest BCUT2D eigenvalue weighted by Crippen LogP contribution is 2.29. The third kappa shape index (κ3) is 4.32. The van der Waals surface area contributed by atoms with E-state index in [1.54, 1.807) is 43.3 Å². The molecule has 0 saturated carbocycles. The van der Waals surface area contributed by atoms with Crippen molar-refractivity contribution in [1.82, 2.24) is 10.2 Å². The monoisotopic (exact) mass is 429 g/mol. The molecule has 0 radical (unpaired) electrons. The number of imide groups is 1. The largest absolute Gasteiger partial charge is 0.457 e. The van der Waals surface area contributed by atoms with Crippen LogP contribution in [0.5, 0.6) is 11.5 Å². The summed E-state index contributed by atoms with van der Waals surface area (Å²) in [6.07, 6.45) is 0. The number of para-hydroxylation sites is 1. The van der Waals surface area contributed by atoms with Crippen LogP contribution in [-0.2, 0) is 15.1 Å². The fourth-order valence-electron chi connectivity index (χ4n) is 3.53. The van der Waals surface area contributed by atoms with E-state index in [2.05, 4.69) is 10.6 Å². The highest BCUT2D eigenvalue weighted by atomic mass is 16.5. The molecule has 1 atom stereocenters. The fraction of sp³-hybridized carbons (Fsp3) is 0.160. The van der Waals surface area contributed by atoms with Gasteiger partial charge in [0, 0.05) is 11.8 Å². The Morgan fingerprint density at radius 1 is 0.969 bits per heavy atom. The van der Waals surface area contributed by atoms with E-state index >= 15 is 0 Å². The van der Waals surface area contributed by atoms with E-state index in [1.165, 1.54) is 0 Å². The molecule has 4 rings (SSSR count). The number of benzene rings is 3. The summed E-state index contributed by atoms with van der Waals surface area (Å²) in [5.41, 5.74) is 0.991. The van der Waals surface area contributed by atoms with E-state index in [9.17, 15) is 14.4 Å². The Morgan fingerprint density at radius 3 is 2.38 bits per heavy atom. The maximum atomic E-state index is 13.0. The number of carbonyl (C=O) groups is 3. The molecule has 1 heterocycles. The lowest BCUT2D eigenvalue weighted by atomic mass is 9.91. The van der Waals surface area contributed by atoms with Gasteiger partial charge in [-0.15, -0.1) is 0 Å². The van der Waals surface area contributed by atoms with E-state index in [1.807, 2.05) is 49.4 Å². The average molecular weight is 429 g/mol. The van der Waals surface area contributed by atoms with Crippen molar-refractivity contribution in [2.24, 2.45) is 0 Å². The number of hydrogen-bond acceptors (Lipinski definition) is 4. The molecule has 3 aromatic carbocycles. The zero-order chi connectivity index (χ0) is 22.7. The number of nitrogens with zero attached hydrogens (tertiary/aromatic N) is 1. The smallest absolute Gasteiger partial charge is 0.325 e. The van der Waals surface area contributed by atoms with E-state index in [0.717, 1.165) is 10.5 Å². The van der Waals surface area contributed by atoms with Crippen molar-refractivity contribution in [3.05, 3.63) is 90.0 Å². The van der Waals surface area contributed by atoms with Crippen LogP contribution in [0.25, 0.3) is 0 Å². The summed E-state index contributed by atoms with van der Waals surface area (Å²) in [6, 6.07) is 22.9. The minimum absolute atomic E-state index is 0.393. The average Bonchev–Trinajstić information content (AvgIpc) is 2.99. The molecule has 2 N–H and O–H groups in total. The number of urea groups is 1. The lowest BCUT2D eigenvalue weighted by Crippen LogP contribution is -2.42. The second-order valence-corrected chi connectivity index (χ2v) is 7.80. The number of anilines is 1. The van der Waals surface area contributed by atoms with Crippen LogP contribution >= 0.6 is 0 Å². The number of rotatable bonds is 6. The van der Waals surface area contributed by atoms with Gasteiger partial charge in [-0.05, 0) is 43.7 Å². The molecule has 0 unspecified atom stereocenters. The van der Waals surface area contributed by atoms with Crippen molar-refractivity contribution >= 4 is 23.5 Å². The Bertz CT molecular complexity index is 1160. The van der Waals surface area contributed by atoms with Crippen molar-refractivity contribution in [3.8, 4) is 11.5 Å². The molecule has 7 nitrogen and oxygen atoms in total. The molecule has 32 heavy (non-hydrogen) atoms. The minimum Gasteiger partial charge on any atom is -0.457 e.